The highest BCUT2D eigenvalue weighted by molar-refractivity contribution is 7.12. The molecule has 4 aromatic rings. The minimum atomic E-state index is -4.67. The largest absolute Gasteiger partial charge is 0.454 e. The van der Waals surface area contributed by atoms with Crippen LogP contribution in [0.3, 0.4) is 0 Å². The Morgan fingerprint density at radius 3 is 2.50 bits per heavy atom. The fraction of sp³-hybridized carbons (Fsp3) is 0.160. The first-order chi connectivity index (χ1) is 17.2. The number of hydrogen-bond donors (Lipinski definition) is 3. The molecule has 0 aliphatic carbocycles. The van der Waals surface area contributed by atoms with Gasteiger partial charge in [-0.25, -0.2) is 4.79 Å². The number of fused-ring (bicyclic) bond motifs is 1. The lowest BCUT2D eigenvalue weighted by Gasteiger charge is -2.18. The number of thiophene rings is 1. The molecule has 0 spiro atoms. The van der Waals surface area contributed by atoms with Gasteiger partial charge in [-0.3, -0.25) is 9.59 Å². The molecule has 2 aromatic carbocycles. The summed E-state index contributed by atoms with van der Waals surface area (Å²) in [5.74, 6) is -2.34. The number of ether oxygens (including phenoxy) is 1. The van der Waals surface area contributed by atoms with E-state index in [-0.39, 0.29) is 6.42 Å². The maximum Gasteiger partial charge on any atom is 0.418 e. The summed E-state index contributed by atoms with van der Waals surface area (Å²) >= 11 is 1.19. The standard InChI is InChI=1S/C25H20F3N3O4S/c26-25(27,28)17-7-2-4-9-19(17)30-22(32)14-35-24(34)20(31-23(33)21-10-5-11-36-21)12-15-13-29-18-8-3-1-6-16(15)18/h1-11,13,20,29H,12,14H2,(H,30,32)(H,31,33)/t20-/m0/s1. The molecular formula is C25H20F3N3O4S. The Balaban J connectivity index is 1.46. The number of carbonyl (C=O) groups is 3. The van der Waals surface area contributed by atoms with Crippen LogP contribution in [0.2, 0.25) is 0 Å². The number of aromatic nitrogens is 1. The minimum Gasteiger partial charge on any atom is -0.454 e. The Morgan fingerprint density at radius 1 is 1.00 bits per heavy atom. The monoisotopic (exact) mass is 515 g/mol. The predicted molar refractivity (Wildman–Crippen MR) is 129 cm³/mol. The number of anilines is 1. The molecule has 0 unspecified atom stereocenters. The number of amides is 2. The summed E-state index contributed by atoms with van der Waals surface area (Å²) in [7, 11) is 0. The van der Waals surface area contributed by atoms with E-state index >= 15 is 0 Å². The van der Waals surface area contributed by atoms with Crippen LogP contribution >= 0.6 is 11.3 Å². The molecule has 0 saturated carbocycles. The molecule has 11 heteroatoms. The number of H-pyrrole nitrogens is 1. The third kappa shape index (κ3) is 5.92. The second-order valence-electron chi connectivity index (χ2n) is 7.77. The van der Waals surface area contributed by atoms with Crippen molar-refractivity contribution in [3.05, 3.63) is 88.2 Å². The molecule has 0 bridgehead atoms. The summed E-state index contributed by atoms with van der Waals surface area (Å²) in [5.41, 5.74) is 0.104. The number of halogens is 3. The molecule has 0 fully saturated rings. The lowest BCUT2D eigenvalue weighted by atomic mass is 10.0. The lowest BCUT2D eigenvalue weighted by Crippen LogP contribution is -2.43. The van der Waals surface area contributed by atoms with E-state index in [1.807, 2.05) is 24.3 Å². The minimum absolute atomic E-state index is 0.0679. The Bertz CT molecular complexity index is 1380. The maximum absolute atomic E-state index is 13.2. The van der Waals surface area contributed by atoms with Crippen molar-refractivity contribution in [2.24, 2.45) is 0 Å². The summed E-state index contributed by atoms with van der Waals surface area (Å²) in [4.78, 5) is 41.3. The number of benzene rings is 2. The van der Waals surface area contributed by atoms with Gasteiger partial charge in [-0.2, -0.15) is 13.2 Å². The summed E-state index contributed by atoms with van der Waals surface area (Å²) in [5, 5.41) is 7.31. The Morgan fingerprint density at radius 2 is 1.75 bits per heavy atom. The number of nitrogens with one attached hydrogen (secondary N) is 3. The number of esters is 1. The van der Waals surface area contributed by atoms with E-state index in [2.05, 4.69) is 15.6 Å². The van der Waals surface area contributed by atoms with Crippen LogP contribution in [0.4, 0.5) is 18.9 Å². The number of alkyl halides is 3. The van der Waals surface area contributed by atoms with Crippen LogP contribution in [0.5, 0.6) is 0 Å². The SMILES string of the molecule is O=C(COC(=O)[C@H](Cc1c[nH]c2ccccc12)NC(=O)c1cccs1)Nc1ccccc1C(F)(F)F. The number of aromatic amines is 1. The second kappa shape index (κ2) is 10.6. The van der Waals surface area contributed by atoms with Crippen molar-refractivity contribution in [1.29, 1.82) is 0 Å². The van der Waals surface area contributed by atoms with Crippen molar-refractivity contribution in [3.8, 4) is 0 Å². The van der Waals surface area contributed by atoms with Crippen LogP contribution in [-0.2, 0) is 26.9 Å². The van der Waals surface area contributed by atoms with E-state index in [1.165, 1.54) is 23.5 Å². The van der Waals surface area contributed by atoms with Crippen molar-refractivity contribution < 1.29 is 32.3 Å². The molecule has 36 heavy (non-hydrogen) atoms. The van der Waals surface area contributed by atoms with Gasteiger partial charge in [0.05, 0.1) is 16.1 Å². The van der Waals surface area contributed by atoms with Crippen molar-refractivity contribution in [2.45, 2.75) is 18.6 Å². The topological polar surface area (TPSA) is 100 Å². The van der Waals surface area contributed by atoms with Crippen molar-refractivity contribution in [1.82, 2.24) is 10.3 Å². The van der Waals surface area contributed by atoms with Crippen molar-refractivity contribution >= 4 is 45.7 Å². The average Bonchev–Trinajstić information content (AvgIpc) is 3.53. The number of rotatable bonds is 8. The second-order valence-corrected chi connectivity index (χ2v) is 8.71. The molecule has 186 valence electrons. The maximum atomic E-state index is 13.2. The lowest BCUT2D eigenvalue weighted by molar-refractivity contribution is -0.149. The van der Waals surface area contributed by atoms with Gasteiger partial charge in [0.1, 0.15) is 6.04 Å². The molecule has 1 atom stereocenters. The average molecular weight is 516 g/mol. The number of hydrogen-bond acceptors (Lipinski definition) is 5. The fourth-order valence-electron chi connectivity index (χ4n) is 3.61. The van der Waals surface area contributed by atoms with E-state index in [9.17, 15) is 27.6 Å². The van der Waals surface area contributed by atoms with Gasteiger partial charge < -0.3 is 20.4 Å². The van der Waals surface area contributed by atoms with E-state index in [0.717, 1.165) is 28.6 Å². The van der Waals surface area contributed by atoms with E-state index in [4.69, 9.17) is 4.74 Å². The van der Waals surface area contributed by atoms with Crippen molar-refractivity contribution in [2.75, 3.05) is 11.9 Å². The van der Waals surface area contributed by atoms with Gasteiger partial charge in [0.15, 0.2) is 6.61 Å². The first-order valence-electron chi connectivity index (χ1n) is 10.7. The van der Waals surface area contributed by atoms with E-state index in [0.29, 0.717) is 4.88 Å². The number of para-hydroxylation sites is 2. The molecule has 3 N–H and O–H groups in total. The van der Waals surface area contributed by atoms with Crippen LogP contribution in [-0.4, -0.2) is 35.4 Å². The molecule has 0 aliphatic rings. The van der Waals surface area contributed by atoms with Crippen LogP contribution in [0.25, 0.3) is 10.9 Å². The third-order valence-electron chi connectivity index (χ3n) is 5.29. The molecule has 0 saturated heterocycles. The van der Waals surface area contributed by atoms with E-state index in [1.54, 1.807) is 23.7 Å². The van der Waals surface area contributed by atoms with Gasteiger partial charge in [0.2, 0.25) is 0 Å². The summed E-state index contributed by atoms with van der Waals surface area (Å²) in [6.07, 6.45) is -2.89. The third-order valence-corrected chi connectivity index (χ3v) is 6.15. The quantitative estimate of drug-likeness (QED) is 0.294. The Hall–Kier alpha value is -4.12. The summed E-state index contributed by atoms with van der Waals surface area (Å²) in [6, 6.07) is 14.0. The highest BCUT2D eigenvalue weighted by Gasteiger charge is 2.33. The first kappa shape index (κ1) is 25.0. The molecule has 0 aliphatic heterocycles. The molecule has 2 amide bonds. The molecule has 2 aromatic heterocycles. The molecular weight excluding hydrogens is 495 g/mol. The molecule has 7 nitrogen and oxygen atoms in total. The van der Waals surface area contributed by atoms with Gasteiger partial charge in [-0.1, -0.05) is 36.4 Å². The highest BCUT2D eigenvalue weighted by atomic mass is 32.1. The highest BCUT2D eigenvalue weighted by Crippen LogP contribution is 2.34. The zero-order chi connectivity index (χ0) is 25.7. The van der Waals surface area contributed by atoms with E-state index < -0.39 is 47.9 Å². The summed E-state index contributed by atoms with van der Waals surface area (Å²) < 4.78 is 44.6. The van der Waals surface area contributed by atoms with Gasteiger partial charge in [0, 0.05) is 23.5 Å². The van der Waals surface area contributed by atoms with Crippen LogP contribution in [0.15, 0.2) is 72.2 Å². The molecule has 4 rings (SSSR count). The van der Waals surface area contributed by atoms with Gasteiger partial charge >= 0.3 is 12.1 Å². The first-order valence-corrected chi connectivity index (χ1v) is 11.6. The van der Waals surface area contributed by atoms with Gasteiger partial charge in [-0.15, -0.1) is 11.3 Å². The van der Waals surface area contributed by atoms with Gasteiger partial charge in [0.25, 0.3) is 11.8 Å². The normalized spacial score (nSPS) is 12.2. The zero-order valence-corrected chi connectivity index (χ0v) is 19.4. The van der Waals surface area contributed by atoms with Gasteiger partial charge in [-0.05, 0) is 35.2 Å². The zero-order valence-electron chi connectivity index (χ0n) is 18.6. The predicted octanol–water partition coefficient (Wildman–Crippen LogP) is 4.77. The van der Waals surface area contributed by atoms with Crippen LogP contribution in [0, 0.1) is 0 Å². The summed E-state index contributed by atoms with van der Waals surface area (Å²) in [6.45, 7) is -0.829. The Labute approximate surface area is 207 Å². The fourth-order valence-corrected chi connectivity index (χ4v) is 4.24. The molecule has 0 radical (unpaired) electrons. The number of carbonyl (C=O) groups excluding carboxylic acids is 3. The van der Waals surface area contributed by atoms with Crippen LogP contribution < -0.4 is 10.6 Å². The molecule has 2 heterocycles. The van der Waals surface area contributed by atoms with Crippen molar-refractivity contribution in [3.63, 3.8) is 0 Å². The van der Waals surface area contributed by atoms with Crippen LogP contribution in [0.1, 0.15) is 20.8 Å². The smallest absolute Gasteiger partial charge is 0.418 e. The Kier molecular flexibility index (Phi) is 7.39.